The Balaban J connectivity index is 1.46. The predicted molar refractivity (Wildman–Crippen MR) is 95.1 cm³/mol. The molecule has 1 aromatic rings. The molecule has 3 rings (SSSR count). The van der Waals surface area contributed by atoms with Crippen LogP contribution >= 0.6 is 0 Å². The van der Waals surface area contributed by atoms with E-state index in [-0.39, 0.29) is 30.8 Å². The zero-order valence-electron chi connectivity index (χ0n) is 14.6. The summed E-state index contributed by atoms with van der Waals surface area (Å²) in [7, 11) is 0. The molecule has 134 valence electrons. The summed E-state index contributed by atoms with van der Waals surface area (Å²) in [5, 5.41) is 5.70. The van der Waals surface area contributed by atoms with E-state index >= 15 is 0 Å². The van der Waals surface area contributed by atoms with E-state index in [9.17, 15) is 14.4 Å². The van der Waals surface area contributed by atoms with E-state index in [0.717, 1.165) is 37.8 Å². The van der Waals surface area contributed by atoms with Crippen molar-refractivity contribution in [2.75, 3.05) is 11.9 Å². The molecule has 1 heterocycles. The maximum atomic E-state index is 12.5. The number of nitrogens with zero attached hydrogens (tertiary/aromatic N) is 1. The van der Waals surface area contributed by atoms with Gasteiger partial charge in [0.25, 0.3) is 5.91 Å². The standard InChI is InChI=1S/C19H25N3O3/c1-2-14-7-9-15(10-8-14)20-16(23)6-5-13-22-17(24)19(21-18(22)25)11-3-4-12-19/h7-10H,2-6,11-13H2,1H3,(H,20,23)(H,21,25). The van der Waals surface area contributed by atoms with Crippen LogP contribution in [0.1, 0.15) is 51.0 Å². The summed E-state index contributed by atoms with van der Waals surface area (Å²) >= 11 is 0. The van der Waals surface area contributed by atoms with Crippen LogP contribution in [0.4, 0.5) is 10.5 Å². The van der Waals surface area contributed by atoms with Crippen LogP contribution in [0.5, 0.6) is 0 Å². The Morgan fingerprint density at radius 1 is 1.20 bits per heavy atom. The van der Waals surface area contributed by atoms with Crippen molar-refractivity contribution in [1.29, 1.82) is 0 Å². The molecule has 25 heavy (non-hydrogen) atoms. The summed E-state index contributed by atoms with van der Waals surface area (Å²) in [5.41, 5.74) is 1.32. The van der Waals surface area contributed by atoms with E-state index < -0.39 is 5.54 Å². The van der Waals surface area contributed by atoms with Gasteiger partial charge in [0.2, 0.25) is 5.91 Å². The van der Waals surface area contributed by atoms with Gasteiger partial charge in [-0.1, -0.05) is 31.9 Å². The largest absolute Gasteiger partial charge is 0.326 e. The molecule has 6 nitrogen and oxygen atoms in total. The molecular weight excluding hydrogens is 318 g/mol. The van der Waals surface area contributed by atoms with Crippen molar-refractivity contribution < 1.29 is 14.4 Å². The average molecular weight is 343 g/mol. The Morgan fingerprint density at radius 2 is 1.88 bits per heavy atom. The van der Waals surface area contributed by atoms with Crippen LogP contribution in [0.2, 0.25) is 0 Å². The number of carbonyl (C=O) groups is 3. The van der Waals surface area contributed by atoms with Gasteiger partial charge >= 0.3 is 6.03 Å². The Bertz CT molecular complexity index is 663. The molecule has 1 saturated heterocycles. The minimum atomic E-state index is -0.666. The number of aryl methyl sites for hydroxylation is 1. The van der Waals surface area contributed by atoms with Gasteiger partial charge in [0, 0.05) is 18.7 Å². The smallest absolute Gasteiger partial charge is 0.325 e. The first-order valence-electron chi connectivity index (χ1n) is 9.07. The molecule has 4 amide bonds. The van der Waals surface area contributed by atoms with Gasteiger partial charge < -0.3 is 10.6 Å². The highest BCUT2D eigenvalue weighted by molar-refractivity contribution is 6.07. The molecule has 1 spiro atoms. The summed E-state index contributed by atoms with van der Waals surface area (Å²) in [6.45, 7) is 2.37. The van der Waals surface area contributed by atoms with Gasteiger partial charge in [0.15, 0.2) is 0 Å². The Morgan fingerprint density at radius 3 is 2.52 bits per heavy atom. The number of hydrogen-bond acceptors (Lipinski definition) is 3. The molecule has 1 aromatic carbocycles. The van der Waals surface area contributed by atoms with Crippen LogP contribution in [0.3, 0.4) is 0 Å². The molecule has 2 fully saturated rings. The summed E-state index contributed by atoms with van der Waals surface area (Å²) < 4.78 is 0. The third-order valence-corrected chi connectivity index (χ3v) is 5.13. The van der Waals surface area contributed by atoms with Crippen molar-refractivity contribution in [3.8, 4) is 0 Å². The topological polar surface area (TPSA) is 78.5 Å². The number of urea groups is 1. The number of carbonyl (C=O) groups excluding carboxylic acids is 3. The summed E-state index contributed by atoms with van der Waals surface area (Å²) in [5.74, 6) is -0.225. The van der Waals surface area contributed by atoms with E-state index in [1.807, 2.05) is 24.3 Å². The van der Waals surface area contributed by atoms with Gasteiger partial charge in [-0.15, -0.1) is 0 Å². The Kier molecular flexibility index (Phi) is 5.06. The first kappa shape index (κ1) is 17.5. The maximum Gasteiger partial charge on any atom is 0.325 e. The minimum Gasteiger partial charge on any atom is -0.326 e. The van der Waals surface area contributed by atoms with Crippen molar-refractivity contribution in [3.05, 3.63) is 29.8 Å². The fourth-order valence-corrected chi connectivity index (χ4v) is 3.64. The highest BCUT2D eigenvalue weighted by Crippen LogP contribution is 2.35. The van der Waals surface area contributed by atoms with E-state index in [4.69, 9.17) is 0 Å². The monoisotopic (exact) mass is 343 g/mol. The second-order valence-corrected chi connectivity index (χ2v) is 6.88. The SMILES string of the molecule is CCc1ccc(NC(=O)CCCN2C(=O)NC3(CCCC3)C2=O)cc1. The Hall–Kier alpha value is -2.37. The number of nitrogens with one attached hydrogen (secondary N) is 2. The van der Waals surface area contributed by atoms with Crippen LogP contribution in [-0.4, -0.2) is 34.8 Å². The van der Waals surface area contributed by atoms with Crippen LogP contribution in [0, 0.1) is 0 Å². The molecule has 0 radical (unpaired) electrons. The highest BCUT2D eigenvalue weighted by Gasteiger charge is 2.51. The van der Waals surface area contributed by atoms with Crippen molar-refractivity contribution in [3.63, 3.8) is 0 Å². The van der Waals surface area contributed by atoms with Crippen molar-refractivity contribution >= 4 is 23.5 Å². The van der Waals surface area contributed by atoms with Crippen molar-refractivity contribution in [2.45, 2.75) is 57.4 Å². The summed E-state index contributed by atoms with van der Waals surface area (Å²) in [4.78, 5) is 37.9. The zero-order chi connectivity index (χ0) is 17.9. The van der Waals surface area contributed by atoms with Crippen LogP contribution in [0.15, 0.2) is 24.3 Å². The molecule has 1 aliphatic carbocycles. The third kappa shape index (κ3) is 3.67. The number of rotatable bonds is 6. The molecular formula is C19H25N3O3. The zero-order valence-corrected chi connectivity index (χ0v) is 14.6. The number of hydrogen-bond donors (Lipinski definition) is 2. The number of imide groups is 1. The van der Waals surface area contributed by atoms with Crippen LogP contribution in [0.25, 0.3) is 0 Å². The van der Waals surface area contributed by atoms with Gasteiger partial charge in [-0.25, -0.2) is 4.79 Å². The van der Waals surface area contributed by atoms with E-state index in [0.29, 0.717) is 6.42 Å². The van der Waals surface area contributed by atoms with Crippen LogP contribution in [-0.2, 0) is 16.0 Å². The fraction of sp³-hybridized carbons (Fsp3) is 0.526. The summed E-state index contributed by atoms with van der Waals surface area (Å²) in [6, 6.07) is 7.44. The molecule has 2 aliphatic rings. The van der Waals surface area contributed by atoms with Gasteiger partial charge in [-0.05, 0) is 43.4 Å². The quantitative estimate of drug-likeness (QED) is 0.780. The maximum absolute atomic E-state index is 12.5. The first-order valence-corrected chi connectivity index (χ1v) is 9.07. The lowest BCUT2D eigenvalue weighted by Gasteiger charge is -2.19. The number of amides is 4. The molecule has 0 atom stereocenters. The molecule has 6 heteroatoms. The lowest BCUT2D eigenvalue weighted by atomic mass is 9.98. The lowest BCUT2D eigenvalue weighted by Crippen LogP contribution is -2.44. The first-order chi connectivity index (χ1) is 12.0. The van der Waals surface area contributed by atoms with Gasteiger partial charge in [0.05, 0.1) is 0 Å². The van der Waals surface area contributed by atoms with Gasteiger partial charge in [-0.3, -0.25) is 14.5 Å². The highest BCUT2D eigenvalue weighted by atomic mass is 16.2. The van der Waals surface area contributed by atoms with E-state index in [1.54, 1.807) is 0 Å². The van der Waals surface area contributed by atoms with E-state index in [2.05, 4.69) is 17.6 Å². The third-order valence-electron chi connectivity index (χ3n) is 5.13. The normalized spacial score (nSPS) is 18.7. The summed E-state index contributed by atoms with van der Waals surface area (Å²) in [6.07, 6.45) is 5.10. The van der Waals surface area contributed by atoms with Crippen molar-refractivity contribution in [2.24, 2.45) is 0 Å². The second-order valence-electron chi connectivity index (χ2n) is 6.88. The minimum absolute atomic E-state index is 0.105. The molecule has 2 N–H and O–H groups in total. The molecule has 1 saturated carbocycles. The Labute approximate surface area is 148 Å². The molecule has 1 aliphatic heterocycles. The number of benzene rings is 1. The molecule has 0 unspecified atom stereocenters. The number of anilines is 1. The lowest BCUT2D eigenvalue weighted by molar-refractivity contribution is -0.131. The van der Waals surface area contributed by atoms with Crippen molar-refractivity contribution in [1.82, 2.24) is 10.2 Å². The van der Waals surface area contributed by atoms with Crippen LogP contribution < -0.4 is 10.6 Å². The fourth-order valence-electron chi connectivity index (χ4n) is 3.64. The van der Waals surface area contributed by atoms with Gasteiger partial charge in [0.1, 0.15) is 5.54 Å². The van der Waals surface area contributed by atoms with Gasteiger partial charge in [-0.2, -0.15) is 0 Å². The average Bonchev–Trinajstić information content (AvgIpc) is 3.16. The van der Waals surface area contributed by atoms with E-state index in [1.165, 1.54) is 10.5 Å². The molecule has 0 bridgehead atoms. The molecule has 0 aromatic heterocycles. The predicted octanol–water partition coefficient (Wildman–Crippen LogP) is 2.83. The second kappa shape index (κ2) is 7.25.